The second-order valence-electron chi connectivity index (χ2n) is 18.2. The average molecular weight is 929 g/mol. The molecular formula is C64H41N4O2P. The quantitative estimate of drug-likeness (QED) is 0.155. The van der Waals surface area contributed by atoms with Crippen molar-refractivity contribution in [1.29, 1.82) is 0 Å². The summed E-state index contributed by atoms with van der Waals surface area (Å²) in [6, 6.07) is 85.9. The van der Waals surface area contributed by atoms with Crippen molar-refractivity contribution in [2.75, 3.05) is 4.90 Å². The molecule has 1 spiro atoms. The molecule has 2 unspecified atom stereocenters. The Kier molecular flexibility index (Phi) is 9.29. The molecule has 0 saturated heterocycles. The molecule has 2 aliphatic rings. The SMILES string of the molecule is O=P1(c2ccccc2)c2ccccc2C2(c3ccccc3N(c3ccccc3)c3cc(-c4cccc(-c5nc(-c6ccccc6)nc(-c6ccccc6)n5)c4)ccc32)c2cc3c(cc21)oc1ccccc13. The maximum Gasteiger partial charge on any atom is 0.171 e. The van der Waals surface area contributed by atoms with Crippen molar-refractivity contribution in [3.05, 3.63) is 271 Å². The predicted molar refractivity (Wildman–Crippen MR) is 288 cm³/mol. The van der Waals surface area contributed by atoms with Gasteiger partial charge in [0.25, 0.3) is 0 Å². The van der Waals surface area contributed by atoms with Crippen LogP contribution in [-0.2, 0) is 9.98 Å². The molecule has 71 heavy (non-hydrogen) atoms. The molecule has 0 amide bonds. The molecule has 2 aliphatic heterocycles. The Balaban J connectivity index is 1.04. The molecule has 14 rings (SSSR count). The zero-order valence-corrected chi connectivity index (χ0v) is 39.1. The topological polar surface area (TPSA) is 72.1 Å². The molecule has 0 N–H and O–H groups in total. The van der Waals surface area contributed by atoms with E-state index in [-0.39, 0.29) is 0 Å². The van der Waals surface area contributed by atoms with Crippen LogP contribution >= 0.6 is 7.14 Å². The molecule has 2 aromatic heterocycles. The fourth-order valence-corrected chi connectivity index (χ4v) is 14.4. The Hall–Kier alpha value is -8.96. The maximum atomic E-state index is 16.8. The van der Waals surface area contributed by atoms with Crippen LogP contribution < -0.4 is 20.8 Å². The first kappa shape index (κ1) is 41.1. The van der Waals surface area contributed by atoms with Gasteiger partial charge in [-0.05, 0) is 81.9 Å². The molecular weight excluding hydrogens is 888 g/mol. The third-order valence-electron chi connectivity index (χ3n) is 14.4. The van der Waals surface area contributed by atoms with Gasteiger partial charge in [-0.25, -0.2) is 15.0 Å². The van der Waals surface area contributed by atoms with E-state index in [4.69, 9.17) is 19.4 Å². The summed E-state index contributed by atoms with van der Waals surface area (Å²) in [7, 11) is -3.51. The lowest BCUT2D eigenvalue weighted by molar-refractivity contribution is 0.590. The number of para-hydroxylation sites is 3. The molecule has 334 valence electrons. The molecule has 0 bridgehead atoms. The summed E-state index contributed by atoms with van der Waals surface area (Å²) in [5.41, 5.74) is 12.6. The van der Waals surface area contributed by atoms with Crippen LogP contribution in [0.5, 0.6) is 0 Å². The Bertz CT molecular complexity index is 4050. The van der Waals surface area contributed by atoms with Crippen LogP contribution in [-0.4, -0.2) is 15.0 Å². The summed E-state index contributed by atoms with van der Waals surface area (Å²) in [5.74, 6) is 1.82. The van der Waals surface area contributed by atoms with Crippen LogP contribution in [0.3, 0.4) is 0 Å². The van der Waals surface area contributed by atoms with Crippen molar-refractivity contribution in [3.63, 3.8) is 0 Å². The van der Waals surface area contributed by atoms with E-state index >= 15 is 4.57 Å². The van der Waals surface area contributed by atoms with E-state index < -0.39 is 12.6 Å². The number of anilines is 3. The summed E-state index contributed by atoms with van der Waals surface area (Å²) in [6.45, 7) is 0. The van der Waals surface area contributed by atoms with E-state index in [1.54, 1.807) is 0 Å². The minimum absolute atomic E-state index is 0.590. The zero-order chi connectivity index (χ0) is 47.1. The van der Waals surface area contributed by atoms with Gasteiger partial charge in [0.1, 0.15) is 11.2 Å². The van der Waals surface area contributed by atoms with Crippen molar-refractivity contribution in [2.45, 2.75) is 5.41 Å². The summed E-state index contributed by atoms with van der Waals surface area (Å²) in [4.78, 5) is 17.5. The summed E-state index contributed by atoms with van der Waals surface area (Å²) in [5, 5.41) is 4.39. The molecule has 6 nitrogen and oxygen atoms in total. The standard InChI is InChI=1S/C64H41N4O2P/c69-71(48-28-11-4-12-29-48)59-35-18-15-32-53(59)64(54-40-50-49-30-13-17-34-57(49)70-58(50)41-60(54)71)51-31-14-16-33-55(51)68(47-26-9-3-10-27-47)56-39-45(36-37-52(56)64)44-24-19-25-46(38-44)63-66-61(42-20-5-1-6-21-42)65-62(67-63)43-22-7-2-8-23-43/h1-41H. The number of hydrogen-bond donors (Lipinski definition) is 0. The highest BCUT2D eigenvalue weighted by Gasteiger charge is 2.55. The molecule has 0 fully saturated rings. The second kappa shape index (κ2) is 16.1. The van der Waals surface area contributed by atoms with Gasteiger partial charge in [-0.15, -0.1) is 0 Å². The molecule has 12 aromatic rings. The van der Waals surface area contributed by atoms with Gasteiger partial charge < -0.3 is 13.9 Å². The van der Waals surface area contributed by atoms with E-state index in [0.717, 1.165) is 99.4 Å². The number of furan rings is 1. The van der Waals surface area contributed by atoms with Gasteiger partial charge >= 0.3 is 0 Å². The lowest BCUT2D eigenvalue weighted by Crippen LogP contribution is -2.49. The van der Waals surface area contributed by atoms with Gasteiger partial charge in [0.05, 0.1) is 16.8 Å². The van der Waals surface area contributed by atoms with Gasteiger partial charge in [0.15, 0.2) is 24.6 Å². The smallest absolute Gasteiger partial charge is 0.171 e. The number of fused-ring (bicyclic) bond motifs is 11. The van der Waals surface area contributed by atoms with E-state index in [0.29, 0.717) is 23.1 Å². The maximum absolute atomic E-state index is 16.8. The molecule has 4 heterocycles. The predicted octanol–water partition coefficient (Wildman–Crippen LogP) is 14.6. The fourth-order valence-electron chi connectivity index (χ4n) is 11.3. The highest BCUT2D eigenvalue weighted by molar-refractivity contribution is 7.85. The molecule has 0 radical (unpaired) electrons. The third-order valence-corrected chi connectivity index (χ3v) is 17.5. The molecule has 0 aliphatic carbocycles. The van der Waals surface area contributed by atoms with Crippen molar-refractivity contribution < 1.29 is 8.98 Å². The van der Waals surface area contributed by atoms with E-state index in [2.05, 4.69) is 144 Å². The summed E-state index contributed by atoms with van der Waals surface area (Å²) < 4.78 is 23.4. The Morgan fingerprint density at radius 2 is 0.915 bits per heavy atom. The lowest BCUT2D eigenvalue weighted by Gasteiger charge is -2.50. The number of benzene rings is 10. The van der Waals surface area contributed by atoms with Gasteiger partial charge in [0, 0.05) is 49.1 Å². The van der Waals surface area contributed by atoms with Crippen molar-refractivity contribution in [1.82, 2.24) is 15.0 Å². The highest BCUT2D eigenvalue weighted by atomic mass is 31.2. The van der Waals surface area contributed by atoms with Crippen LogP contribution in [0.15, 0.2) is 253 Å². The van der Waals surface area contributed by atoms with Crippen molar-refractivity contribution >= 4 is 62.1 Å². The lowest BCUT2D eigenvalue weighted by atomic mass is 9.61. The van der Waals surface area contributed by atoms with Crippen LogP contribution in [0, 0.1) is 0 Å². The number of hydrogen-bond acceptors (Lipinski definition) is 6. The zero-order valence-electron chi connectivity index (χ0n) is 38.2. The van der Waals surface area contributed by atoms with E-state index in [1.807, 2.05) is 109 Å². The van der Waals surface area contributed by atoms with Gasteiger partial charge in [-0.2, -0.15) is 0 Å². The van der Waals surface area contributed by atoms with Crippen LogP contribution in [0.1, 0.15) is 22.3 Å². The number of aromatic nitrogens is 3. The Morgan fingerprint density at radius 3 is 1.65 bits per heavy atom. The first-order chi connectivity index (χ1) is 35.1. The summed E-state index contributed by atoms with van der Waals surface area (Å²) >= 11 is 0. The molecule has 2 atom stereocenters. The monoisotopic (exact) mass is 928 g/mol. The first-order valence-electron chi connectivity index (χ1n) is 23.9. The van der Waals surface area contributed by atoms with Crippen LogP contribution in [0.2, 0.25) is 0 Å². The largest absolute Gasteiger partial charge is 0.456 e. The fraction of sp³-hybridized carbons (Fsp3) is 0.0156. The molecule has 7 heteroatoms. The van der Waals surface area contributed by atoms with Crippen LogP contribution in [0.25, 0.3) is 67.2 Å². The van der Waals surface area contributed by atoms with Gasteiger partial charge in [-0.1, -0.05) is 200 Å². The first-order valence-corrected chi connectivity index (χ1v) is 25.6. The normalized spacial score (nSPS) is 16.6. The number of nitrogens with zero attached hydrogens (tertiary/aromatic N) is 4. The Morgan fingerprint density at radius 1 is 0.366 bits per heavy atom. The minimum Gasteiger partial charge on any atom is -0.456 e. The third kappa shape index (κ3) is 6.21. The number of rotatable bonds is 6. The second-order valence-corrected chi connectivity index (χ2v) is 20.9. The summed E-state index contributed by atoms with van der Waals surface area (Å²) in [6.07, 6.45) is 0. The Labute approximate surface area is 410 Å². The van der Waals surface area contributed by atoms with Crippen molar-refractivity contribution in [3.8, 4) is 45.3 Å². The van der Waals surface area contributed by atoms with Gasteiger partial charge in [-0.3, -0.25) is 0 Å². The van der Waals surface area contributed by atoms with Crippen LogP contribution in [0.4, 0.5) is 17.1 Å². The average Bonchev–Trinajstić information content (AvgIpc) is 3.82. The van der Waals surface area contributed by atoms with Crippen molar-refractivity contribution in [2.24, 2.45) is 0 Å². The highest BCUT2D eigenvalue weighted by Crippen LogP contribution is 2.63. The van der Waals surface area contributed by atoms with E-state index in [9.17, 15) is 0 Å². The minimum atomic E-state index is -3.51. The van der Waals surface area contributed by atoms with E-state index in [1.165, 1.54) is 0 Å². The molecule has 0 saturated carbocycles. The molecule has 10 aromatic carbocycles. The van der Waals surface area contributed by atoms with Gasteiger partial charge in [0.2, 0.25) is 0 Å².